The van der Waals surface area contributed by atoms with Crippen molar-refractivity contribution in [2.45, 2.75) is 6.61 Å². The summed E-state index contributed by atoms with van der Waals surface area (Å²) in [6.45, 7) is -0.198. The van der Waals surface area contributed by atoms with Crippen molar-refractivity contribution in [3.8, 4) is 0 Å². The fourth-order valence-electron chi connectivity index (χ4n) is 0.934. The summed E-state index contributed by atoms with van der Waals surface area (Å²) in [6, 6.07) is 4.96. The molecule has 3 nitrogen and oxygen atoms in total. The lowest BCUT2D eigenvalue weighted by Gasteiger charge is -2.03. The summed E-state index contributed by atoms with van der Waals surface area (Å²) in [5.41, 5.74) is 0.876. The Labute approximate surface area is 92.3 Å². The van der Waals surface area contributed by atoms with E-state index >= 15 is 0 Å². The predicted molar refractivity (Wildman–Crippen MR) is 54.4 cm³/mol. The third kappa shape index (κ3) is 2.52. The van der Waals surface area contributed by atoms with Gasteiger partial charge in [0.2, 0.25) is 0 Å². The van der Waals surface area contributed by atoms with Crippen LogP contribution in [0.15, 0.2) is 22.7 Å². The van der Waals surface area contributed by atoms with E-state index in [2.05, 4.69) is 36.0 Å². The van der Waals surface area contributed by atoms with Crippen molar-refractivity contribution in [3.05, 3.63) is 33.8 Å². The van der Waals surface area contributed by atoms with Crippen molar-refractivity contribution < 1.29 is 13.7 Å². The Balaban J connectivity index is 3.13. The predicted octanol–water partition coefficient (Wildman–Crippen LogP) is 2.41. The van der Waals surface area contributed by atoms with E-state index in [0.29, 0.717) is 11.1 Å². The van der Waals surface area contributed by atoms with Gasteiger partial charge >= 0.3 is 5.97 Å². The van der Waals surface area contributed by atoms with Crippen LogP contribution < -0.4 is 0 Å². The molecule has 0 saturated carbocycles. The highest BCUT2D eigenvalue weighted by Crippen LogP contribution is 2.18. The molecule has 0 fully saturated rings. The number of carbonyl (C=O) groups is 1. The van der Waals surface area contributed by atoms with Crippen LogP contribution in [0.1, 0.15) is 15.9 Å². The number of hydrogen-bond acceptors (Lipinski definition) is 3. The molecule has 1 rings (SSSR count). The molecule has 0 heterocycles. The van der Waals surface area contributed by atoms with Crippen LogP contribution in [0.4, 0.5) is 0 Å². The molecule has 0 aliphatic carbocycles. The molecule has 0 aromatic heterocycles. The van der Waals surface area contributed by atoms with Crippen LogP contribution in [0.2, 0.25) is 0 Å². The molecule has 0 atom stereocenters. The second kappa shape index (κ2) is 4.74. The molecule has 0 spiro atoms. The summed E-state index contributed by atoms with van der Waals surface area (Å²) in [6.07, 6.45) is 0. The van der Waals surface area contributed by atoms with Crippen LogP contribution in [0, 0.1) is 0 Å². The maximum atomic E-state index is 11.1. The van der Waals surface area contributed by atoms with Crippen molar-refractivity contribution in [1.29, 1.82) is 0 Å². The van der Waals surface area contributed by atoms with Crippen molar-refractivity contribution in [2.75, 3.05) is 0 Å². The normalized spacial score (nSPS) is 9.77. The van der Waals surface area contributed by atoms with E-state index in [9.17, 15) is 4.79 Å². The Morgan fingerprint density at radius 3 is 2.77 bits per heavy atom. The number of carbonyl (C=O) groups excluding carboxylic acids is 1. The lowest BCUT2D eigenvalue weighted by Crippen LogP contribution is -2.03. The van der Waals surface area contributed by atoms with E-state index < -0.39 is 5.97 Å². The minimum absolute atomic E-state index is 0.198. The largest absolute Gasteiger partial charge is 0.392 e. The average molecular weight is 310 g/mol. The lowest BCUT2D eigenvalue weighted by molar-refractivity contribution is 0.0778. The molecule has 0 aliphatic heterocycles. The maximum Gasteiger partial charge on any atom is 0.349 e. The number of halogens is 2. The number of hydrogen-bond donors (Lipinski definition) is 1. The smallest absolute Gasteiger partial charge is 0.349 e. The summed E-state index contributed by atoms with van der Waals surface area (Å²) in [5, 5.41) is 8.94. The molecule has 1 N–H and O–H groups in total. The Morgan fingerprint density at radius 1 is 1.54 bits per heavy atom. The second-order valence-electron chi connectivity index (χ2n) is 2.32. The number of aliphatic hydroxyl groups excluding tert-OH is 1. The van der Waals surface area contributed by atoms with Gasteiger partial charge < -0.3 is 8.93 Å². The van der Waals surface area contributed by atoms with Crippen LogP contribution in [0.5, 0.6) is 0 Å². The molecule has 1 aromatic rings. The van der Waals surface area contributed by atoms with Gasteiger partial charge in [0.25, 0.3) is 0 Å². The Bertz CT molecular complexity index is 325. The van der Waals surface area contributed by atoms with Crippen LogP contribution in [0.3, 0.4) is 0 Å². The lowest BCUT2D eigenvalue weighted by atomic mass is 10.1. The second-order valence-corrected chi connectivity index (χ2v) is 3.56. The van der Waals surface area contributed by atoms with E-state index in [-0.39, 0.29) is 6.61 Å². The monoisotopic (exact) mass is 308 g/mol. The van der Waals surface area contributed by atoms with E-state index in [1.807, 2.05) is 0 Å². The first kappa shape index (κ1) is 10.7. The van der Waals surface area contributed by atoms with Gasteiger partial charge in [0.05, 0.1) is 12.2 Å². The summed E-state index contributed by atoms with van der Waals surface area (Å²) in [7, 11) is 0. The zero-order valence-corrected chi connectivity index (χ0v) is 9.63. The topological polar surface area (TPSA) is 46.5 Å². The van der Waals surface area contributed by atoms with Gasteiger partial charge in [-0.25, -0.2) is 4.79 Å². The molecule has 0 aliphatic rings. The molecular formula is C8H6Br2O3. The minimum Gasteiger partial charge on any atom is -0.392 e. The Kier molecular flexibility index (Phi) is 3.90. The molecule has 0 unspecified atom stereocenters. The number of aliphatic hydroxyl groups is 1. The van der Waals surface area contributed by atoms with Crippen molar-refractivity contribution >= 4 is 38.2 Å². The van der Waals surface area contributed by atoms with Gasteiger partial charge in [-0.15, -0.1) is 0 Å². The molecule has 5 heteroatoms. The molecule has 70 valence electrons. The fourth-order valence-corrected chi connectivity index (χ4v) is 1.52. The summed E-state index contributed by atoms with van der Waals surface area (Å²) in [5.74, 6) is -0.517. The Morgan fingerprint density at radius 2 is 2.23 bits per heavy atom. The maximum absolute atomic E-state index is 11.1. The first-order valence-corrected chi connectivity index (χ1v) is 4.85. The van der Waals surface area contributed by atoms with E-state index in [0.717, 1.165) is 4.47 Å². The minimum atomic E-state index is -0.517. The van der Waals surface area contributed by atoms with Crippen LogP contribution in [-0.4, -0.2) is 11.1 Å². The van der Waals surface area contributed by atoms with Gasteiger partial charge in [0.15, 0.2) is 16.3 Å². The molecule has 0 bridgehead atoms. The molecule has 1 aromatic carbocycles. The van der Waals surface area contributed by atoms with Crippen LogP contribution in [-0.2, 0) is 10.4 Å². The zero-order valence-electron chi connectivity index (χ0n) is 6.46. The average Bonchev–Trinajstić information content (AvgIpc) is 2.16. The van der Waals surface area contributed by atoms with Crippen molar-refractivity contribution in [1.82, 2.24) is 0 Å². The van der Waals surface area contributed by atoms with Gasteiger partial charge in [0, 0.05) is 4.47 Å². The molecule has 0 saturated heterocycles. The first-order valence-electron chi connectivity index (χ1n) is 3.41. The summed E-state index contributed by atoms with van der Waals surface area (Å²) < 4.78 is 5.17. The highest BCUT2D eigenvalue weighted by Gasteiger charge is 2.11. The van der Waals surface area contributed by atoms with Gasteiger partial charge in [0.1, 0.15) is 0 Å². The van der Waals surface area contributed by atoms with Crippen LogP contribution >= 0.6 is 32.2 Å². The third-order valence-electron chi connectivity index (χ3n) is 1.53. The van der Waals surface area contributed by atoms with Crippen molar-refractivity contribution in [3.63, 3.8) is 0 Å². The van der Waals surface area contributed by atoms with Gasteiger partial charge in [-0.1, -0.05) is 15.9 Å². The highest BCUT2D eigenvalue weighted by atomic mass is 79.9. The quantitative estimate of drug-likeness (QED) is 0.912. The third-order valence-corrected chi connectivity index (χ3v) is 2.31. The summed E-state index contributed by atoms with van der Waals surface area (Å²) in [4.78, 5) is 11.1. The van der Waals surface area contributed by atoms with Gasteiger partial charge in [-0.2, -0.15) is 0 Å². The van der Waals surface area contributed by atoms with E-state index in [4.69, 9.17) is 5.11 Å². The van der Waals surface area contributed by atoms with Gasteiger partial charge in [-0.05, 0) is 23.8 Å². The first-order chi connectivity index (χ1) is 6.19. The Hall–Kier alpha value is -0.390. The number of benzene rings is 1. The number of rotatable bonds is 2. The van der Waals surface area contributed by atoms with Crippen LogP contribution in [0.25, 0.3) is 0 Å². The van der Waals surface area contributed by atoms with E-state index in [1.54, 1.807) is 18.2 Å². The molecule has 0 radical (unpaired) electrons. The zero-order chi connectivity index (χ0) is 9.84. The highest BCUT2D eigenvalue weighted by molar-refractivity contribution is 9.10. The molecular weight excluding hydrogens is 304 g/mol. The molecule has 0 amide bonds. The molecule has 13 heavy (non-hydrogen) atoms. The SMILES string of the molecule is O=C(OBr)c1ccc(Br)cc1CO. The van der Waals surface area contributed by atoms with Gasteiger partial charge in [-0.3, -0.25) is 0 Å². The summed E-state index contributed by atoms with van der Waals surface area (Å²) >= 11 is 5.82. The van der Waals surface area contributed by atoms with Crippen molar-refractivity contribution in [2.24, 2.45) is 0 Å². The van der Waals surface area contributed by atoms with E-state index in [1.165, 1.54) is 0 Å². The fraction of sp³-hybridized carbons (Fsp3) is 0.125. The standard InChI is InChI=1S/C8H6Br2O3/c9-6-1-2-7(8(12)13-10)5(3-6)4-11/h1-3,11H,4H2.